The molecule has 2 rings (SSSR count). The van der Waals surface area contributed by atoms with Crippen molar-refractivity contribution in [1.29, 1.82) is 0 Å². The molecule has 0 bridgehead atoms. The largest absolute Gasteiger partial charge is 0.396 e. The van der Waals surface area contributed by atoms with Crippen LogP contribution in [0, 0.1) is 11.8 Å². The summed E-state index contributed by atoms with van der Waals surface area (Å²) in [7, 11) is 0. The molecule has 1 heteroatoms. The number of allylic oxidation sites excluding steroid dienone is 3. The molecular weight excluding hydrogens is 148 g/mol. The van der Waals surface area contributed by atoms with Crippen molar-refractivity contribution < 1.29 is 5.11 Å². The summed E-state index contributed by atoms with van der Waals surface area (Å²) in [6, 6.07) is 0. The fraction of sp³-hybridized carbons (Fsp3) is 0.636. The van der Waals surface area contributed by atoms with E-state index in [-0.39, 0.29) is 0 Å². The van der Waals surface area contributed by atoms with E-state index in [9.17, 15) is 0 Å². The molecule has 0 heterocycles. The molecule has 12 heavy (non-hydrogen) atoms. The van der Waals surface area contributed by atoms with Gasteiger partial charge in [-0.3, -0.25) is 0 Å². The Labute approximate surface area is 73.8 Å². The maximum atomic E-state index is 9.01. The molecule has 1 N–H and O–H groups in total. The molecule has 2 aliphatic rings. The first kappa shape index (κ1) is 8.06. The van der Waals surface area contributed by atoms with E-state index in [1.165, 1.54) is 31.3 Å². The predicted octanol–water partition coefficient (Wildman–Crippen LogP) is 2.28. The Balaban J connectivity index is 2.16. The lowest BCUT2D eigenvalue weighted by Gasteiger charge is -2.28. The van der Waals surface area contributed by atoms with Gasteiger partial charge in [-0.1, -0.05) is 18.2 Å². The number of aliphatic hydroxyl groups is 1. The molecule has 0 radical (unpaired) electrons. The van der Waals surface area contributed by atoms with Gasteiger partial charge in [-0.25, -0.2) is 0 Å². The highest BCUT2D eigenvalue weighted by Crippen LogP contribution is 2.34. The zero-order valence-corrected chi connectivity index (χ0v) is 7.37. The van der Waals surface area contributed by atoms with Crippen LogP contribution in [0.25, 0.3) is 0 Å². The molecule has 66 valence electrons. The van der Waals surface area contributed by atoms with E-state index in [2.05, 4.69) is 18.2 Å². The van der Waals surface area contributed by atoms with E-state index in [0.29, 0.717) is 12.5 Å². The van der Waals surface area contributed by atoms with Crippen molar-refractivity contribution in [3.63, 3.8) is 0 Å². The fourth-order valence-corrected chi connectivity index (χ4v) is 2.24. The van der Waals surface area contributed by atoms with Crippen LogP contribution in [-0.4, -0.2) is 11.7 Å². The number of rotatable bonds is 1. The van der Waals surface area contributed by atoms with Crippen molar-refractivity contribution >= 4 is 0 Å². The zero-order chi connectivity index (χ0) is 8.39. The predicted molar refractivity (Wildman–Crippen MR) is 49.8 cm³/mol. The van der Waals surface area contributed by atoms with Crippen molar-refractivity contribution in [3.8, 4) is 0 Å². The molecule has 0 saturated heterocycles. The Hall–Kier alpha value is -0.560. The minimum absolute atomic E-state index is 0.323. The van der Waals surface area contributed by atoms with E-state index in [1.54, 1.807) is 0 Å². The van der Waals surface area contributed by atoms with Gasteiger partial charge in [0.15, 0.2) is 0 Å². The Bertz CT molecular complexity index is 215. The molecule has 2 atom stereocenters. The van der Waals surface area contributed by atoms with Gasteiger partial charge in [0.1, 0.15) is 0 Å². The van der Waals surface area contributed by atoms with Crippen molar-refractivity contribution in [2.24, 2.45) is 11.8 Å². The van der Waals surface area contributed by atoms with E-state index < -0.39 is 0 Å². The minimum atomic E-state index is 0.323. The number of hydrogen-bond donors (Lipinski definition) is 1. The Morgan fingerprint density at radius 3 is 3.08 bits per heavy atom. The minimum Gasteiger partial charge on any atom is -0.396 e. The molecule has 0 fully saturated rings. The van der Waals surface area contributed by atoms with Gasteiger partial charge in [0.25, 0.3) is 0 Å². The van der Waals surface area contributed by atoms with E-state index in [0.717, 1.165) is 5.92 Å². The van der Waals surface area contributed by atoms with Crippen LogP contribution in [0.15, 0.2) is 23.8 Å². The van der Waals surface area contributed by atoms with Gasteiger partial charge < -0.3 is 5.11 Å². The van der Waals surface area contributed by atoms with Gasteiger partial charge in [-0.2, -0.15) is 0 Å². The Kier molecular flexibility index (Phi) is 2.31. The standard InChI is InChI=1S/C11H16O/c12-8-9-5-6-10-3-1-2-4-11(10)7-9/h2,4,7,9-10,12H,1,3,5-6,8H2. The highest BCUT2D eigenvalue weighted by atomic mass is 16.3. The summed E-state index contributed by atoms with van der Waals surface area (Å²) in [5, 5.41) is 9.01. The lowest BCUT2D eigenvalue weighted by atomic mass is 9.78. The number of fused-ring (bicyclic) bond motifs is 1. The average molecular weight is 164 g/mol. The summed E-state index contributed by atoms with van der Waals surface area (Å²) in [5.41, 5.74) is 1.48. The van der Waals surface area contributed by atoms with Crippen LogP contribution in [0.4, 0.5) is 0 Å². The van der Waals surface area contributed by atoms with Crippen LogP contribution >= 0.6 is 0 Å². The van der Waals surface area contributed by atoms with Gasteiger partial charge in [-0.15, -0.1) is 0 Å². The Morgan fingerprint density at radius 2 is 2.25 bits per heavy atom. The summed E-state index contributed by atoms with van der Waals surface area (Å²) >= 11 is 0. The average Bonchev–Trinajstić information content (AvgIpc) is 2.17. The summed E-state index contributed by atoms with van der Waals surface area (Å²) in [6.07, 6.45) is 11.8. The van der Waals surface area contributed by atoms with Crippen molar-refractivity contribution in [2.45, 2.75) is 25.7 Å². The first-order valence-corrected chi connectivity index (χ1v) is 4.89. The third-order valence-electron chi connectivity index (χ3n) is 3.01. The SMILES string of the molecule is OCC1C=C2C=CCCC2CC1. The molecule has 0 aromatic heterocycles. The van der Waals surface area contributed by atoms with Crippen molar-refractivity contribution in [3.05, 3.63) is 23.8 Å². The van der Waals surface area contributed by atoms with Gasteiger partial charge in [0, 0.05) is 12.5 Å². The smallest absolute Gasteiger partial charge is 0.0494 e. The van der Waals surface area contributed by atoms with E-state index in [4.69, 9.17) is 5.11 Å². The van der Waals surface area contributed by atoms with Crippen LogP contribution < -0.4 is 0 Å². The second-order valence-corrected chi connectivity index (χ2v) is 3.86. The maximum absolute atomic E-state index is 9.01. The molecular formula is C11H16O. The summed E-state index contributed by atoms with van der Waals surface area (Å²) in [4.78, 5) is 0. The van der Waals surface area contributed by atoms with Crippen LogP contribution in [0.1, 0.15) is 25.7 Å². The van der Waals surface area contributed by atoms with Crippen LogP contribution in [0.2, 0.25) is 0 Å². The van der Waals surface area contributed by atoms with Crippen molar-refractivity contribution in [1.82, 2.24) is 0 Å². The molecule has 0 aliphatic heterocycles. The Morgan fingerprint density at radius 1 is 1.33 bits per heavy atom. The van der Waals surface area contributed by atoms with Crippen molar-refractivity contribution in [2.75, 3.05) is 6.61 Å². The first-order chi connectivity index (χ1) is 5.90. The summed E-state index contributed by atoms with van der Waals surface area (Å²) in [5.74, 6) is 1.23. The zero-order valence-electron chi connectivity index (χ0n) is 7.37. The highest BCUT2D eigenvalue weighted by molar-refractivity contribution is 5.27. The molecule has 2 unspecified atom stereocenters. The van der Waals surface area contributed by atoms with Crippen LogP contribution in [0.5, 0.6) is 0 Å². The van der Waals surface area contributed by atoms with Crippen LogP contribution in [0.3, 0.4) is 0 Å². The second kappa shape index (κ2) is 3.44. The molecule has 0 aromatic carbocycles. The fourth-order valence-electron chi connectivity index (χ4n) is 2.24. The van der Waals surface area contributed by atoms with Crippen LogP contribution in [-0.2, 0) is 0 Å². The number of hydrogen-bond acceptors (Lipinski definition) is 1. The topological polar surface area (TPSA) is 20.2 Å². The summed E-state index contributed by atoms with van der Waals surface area (Å²) in [6.45, 7) is 0.323. The number of aliphatic hydroxyl groups excluding tert-OH is 1. The maximum Gasteiger partial charge on any atom is 0.0494 e. The van der Waals surface area contributed by atoms with Gasteiger partial charge >= 0.3 is 0 Å². The highest BCUT2D eigenvalue weighted by Gasteiger charge is 2.21. The molecule has 0 spiro atoms. The van der Waals surface area contributed by atoms with Gasteiger partial charge in [-0.05, 0) is 37.2 Å². The third kappa shape index (κ3) is 1.46. The molecule has 0 saturated carbocycles. The van der Waals surface area contributed by atoms with E-state index in [1.807, 2.05) is 0 Å². The lowest BCUT2D eigenvalue weighted by Crippen LogP contribution is -2.17. The summed E-state index contributed by atoms with van der Waals surface area (Å²) < 4.78 is 0. The van der Waals surface area contributed by atoms with E-state index >= 15 is 0 Å². The first-order valence-electron chi connectivity index (χ1n) is 4.89. The third-order valence-corrected chi connectivity index (χ3v) is 3.01. The second-order valence-electron chi connectivity index (χ2n) is 3.86. The molecule has 2 aliphatic carbocycles. The molecule has 0 amide bonds. The normalized spacial score (nSPS) is 34.2. The monoisotopic (exact) mass is 164 g/mol. The van der Waals surface area contributed by atoms with Gasteiger partial charge in [0.2, 0.25) is 0 Å². The van der Waals surface area contributed by atoms with Gasteiger partial charge in [0.05, 0.1) is 0 Å². The molecule has 0 aromatic rings. The lowest BCUT2D eigenvalue weighted by molar-refractivity contribution is 0.231. The quantitative estimate of drug-likeness (QED) is 0.630. The molecule has 1 nitrogen and oxygen atoms in total.